The minimum absolute atomic E-state index is 0.107. The zero-order valence-electron chi connectivity index (χ0n) is 14.2. The predicted octanol–water partition coefficient (Wildman–Crippen LogP) is 1.37. The Labute approximate surface area is 132 Å². The number of morpholine rings is 1. The zero-order chi connectivity index (χ0) is 16.3. The molecular weight excluding hydrogens is 280 g/mol. The molecule has 1 aromatic heterocycles. The van der Waals surface area contributed by atoms with Crippen LogP contribution in [0.3, 0.4) is 0 Å². The van der Waals surface area contributed by atoms with Gasteiger partial charge in [0.2, 0.25) is 5.91 Å². The quantitative estimate of drug-likeness (QED) is 0.892. The molecule has 0 bridgehead atoms. The maximum absolute atomic E-state index is 12.3. The maximum Gasteiger partial charge on any atom is 0.236 e. The van der Waals surface area contributed by atoms with Crippen LogP contribution in [-0.2, 0) is 9.53 Å². The highest BCUT2D eigenvalue weighted by Crippen LogP contribution is 2.12. The van der Waals surface area contributed by atoms with Gasteiger partial charge in [0.1, 0.15) is 0 Å². The average Bonchev–Trinajstić information content (AvgIpc) is 2.89. The molecule has 124 valence electrons. The van der Waals surface area contributed by atoms with Crippen LogP contribution in [0.4, 0.5) is 0 Å². The van der Waals surface area contributed by atoms with Crippen LogP contribution in [0, 0.1) is 6.92 Å². The second kappa shape index (κ2) is 7.24. The molecule has 0 aliphatic carbocycles. The molecule has 22 heavy (non-hydrogen) atoms. The molecule has 1 aliphatic heterocycles. The van der Waals surface area contributed by atoms with Gasteiger partial charge in [-0.25, -0.2) is 0 Å². The topological polar surface area (TPSA) is 59.4 Å². The summed E-state index contributed by atoms with van der Waals surface area (Å²) in [5, 5.41) is 7.66. The molecule has 1 fully saturated rings. The number of aryl methyl sites for hydroxylation is 1. The van der Waals surface area contributed by atoms with Gasteiger partial charge in [-0.15, -0.1) is 0 Å². The number of rotatable bonds is 5. The van der Waals surface area contributed by atoms with Crippen LogP contribution in [0.15, 0.2) is 12.4 Å². The van der Waals surface area contributed by atoms with Gasteiger partial charge in [0, 0.05) is 25.3 Å². The summed E-state index contributed by atoms with van der Waals surface area (Å²) < 4.78 is 7.61. The maximum atomic E-state index is 12.3. The van der Waals surface area contributed by atoms with E-state index in [1.165, 1.54) is 0 Å². The van der Waals surface area contributed by atoms with Crippen molar-refractivity contribution in [3.63, 3.8) is 0 Å². The smallest absolute Gasteiger partial charge is 0.236 e. The SMILES string of the molecule is Cc1cnn([C@H](C)[C@H](C)NCC(=O)N2C[C@@H](C)O[C@@H](C)C2)c1. The highest BCUT2D eigenvalue weighted by Gasteiger charge is 2.26. The van der Waals surface area contributed by atoms with E-state index in [0.29, 0.717) is 19.6 Å². The molecule has 1 amide bonds. The first-order chi connectivity index (χ1) is 10.4. The molecule has 1 aliphatic rings. The van der Waals surface area contributed by atoms with E-state index in [1.54, 1.807) is 0 Å². The third kappa shape index (κ3) is 4.30. The Kier molecular flexibility index (Phi) is 5.58. The lowest BCUT2D eigenvalue weighted by Crippen LogP contribution is -2.51. The van der Waals surface area contributed by atoms with Crippen molar-refractivity contribution in [3.05, 3.63) is 18.0 Å². The monoisotopic (exact) mass is 308 g/mol. The summed E-state index contributed by atoms with van der Waals surface area (Å²) in [7, 11) is 0. The van der Waals surface area contributed by atoms with Crippen molar-refractivity contribution in [2.45, 2.75) is 58.9 Å². The highest BCUT2D eigenvalue weighted by atomic mass is 16.5. The van der Waals surface area contributed by atoms with E-state index in [4.69, 9.17) is 4.74 Å². The summed E-state index contributed by atoms with van der Waals surface area (Å²) in [6, 6.07) is 0.364. The molecule has 0 saturated carbocycles. The van der Waals surface area contributed by atoms with Gasteiger partial charge >= 0.3 is 0 Å². The van der Waals surface area contributed by atoms with Gasteiger partial charge in [-0.1, -0.05) is 0 Å². The van der Waals surface area contributed by atoms with Crippen molar-refractivity contribution in [2.75, 3.05) is 19.6 Å². The summed E-state index contributed by atoms with van der Waals surface area (Å²) in [4.78, 5) is 14.2. The van der Waals surface area contributed by atoms with Crippen molar-refractivity contribution in [1.29, 1.82) is 0 Å². The Morgan fingerprint density at radius 1 is 1.41 bits per heavy atom. The summed E-state index contributed by atoms with van der Waals surface area (Å²) in [6.45, 7) is 11.9. The van der Waals surface area contributed by atoms with E-state index in [9.17, 15) is 4.79 Å². The number of nitrogens with zero attached hydrogens (tertiary/aromatic N) is 3. The highest BCUT2D eigenvalue weighted by molar-refractivity contribution is 5.78. The second-order valence-corrected chi connectivity index (χ2v) is 6.46. The number of carbonyl (C=O) groups excluding carboxylic acids is 1. The molecule has 2 heterocycles. The van der Waals surface area contributed by atoms with Crippen molar-refractivity contribution < 1.29 is 9.53 Å². The van der Waals surface area contributed by atoms with Gasteiger partial charge in [0.15, 0.2) is 0 Å². The first-order valence-electron chi connectivity index (χ1n) is 8.04. The molecule has 0 aromatic carbocycles. The Balaban J connectivity index is 1.82. The number of ether oxygens (including phenoxy) is 1. The number of carbonyl (C=O) groups is 1. The van der Waals surface area contributed by atoms with Gasteiger partial charge < -0.3 is 15.0 Å². The fourth-order valence-electron chi connectivity index (χ4n) is 2.80. The largest absolute Gasteiger partial charge is 0.372 e. The van der Waals surface area contributed by atoms with E-state index in [2.05, 4.69) is 24.3 Å². The first kappa shape index (κ1) is 17.0. The number of hydrogen-bond donors (Lipinski definition) is 1. The number of aromatic nitrogens is 2. The van der Waals surface area contributed by atoms with Crippen LogP contribution in [0.2, 0.25) is 0 Å². The average molecular weight is 308 g/mol. The van der Waals surface area contributed by atoms with E-state index in [0.717, 1.165) is 5.56 Å². The Morgan fingerprint density at radius 3 is 2.59 bits per heavy atom. The molecule has 0 spiro atoms. The summed E-state index contributed by atoms with van der Waals surface area (Å²) in [5.74, 6) is 0.137. The zero-order valence-corrected chi connectivity index (χ0v) is 14.2. The standard InChI is InChI=1S/C16H28N4O2/c1-11-6-18-20(8-11)15(5)14(4)17-7-16(21)19-9-12(2)22-13(3)10-19/h6,8,12-15,17H,7,9-10H2,1-5H3/t12-,13+,14-,15+/m0/s1. The van der Waals surface area contributed by atoms with Gasteiger partial charge in [-0.05, 0) is 40.2 Å². The second-order valence-electron chi connectivity index (χ2n) is 6.46. The Bertz CT molecular complexity index is 492. The van der Waals surface area contributed by atoms with Crippen LogP contribution < -0.4 is 5.32 Å². The minimum Gasteiger partial charge on any atom is -0.372 e. The van der Waals surface area contributed by atoms with E-state index < -0.39 is 0 Å². The van der Waals surface area contributed by atoms with E-state index >= 15 is 0 Å². The van der Waals surface area contributed by atoms with Crippen molar-refractivity contribution in [1.82, 2.24) is 20.0 Å². The first-order valence-corrected chi connectivity index (χ1v) is 8.04. The molecule has 1 N–H and O–H groups in total. The lowest BCUT2D eigenvalue weighted by Gasteiger charge is -2.35. The van der Waals surface area contributed by atoms with Crippen LogP contribution in [-0.4, -0.2) is 58.5 Å². The third-order valence-electron chi connectivity index (χ3n) is 4.22. The number of hydrogen-bond acceptors (Lipinski definition) is 4. The van der Waals surface area contributed by atoms with E-state index in [1.807, 2.05) is 42.7 Å². The summed E-state index contributed by atoms with van der Waals surface area (Å²) >= 11 is 0. The Hall–Kier alpha value is -1.40. The number of amides is 1. The summed E-state index contributed by atoms with van der Waals surface area (Å²) in [6.07, 6.45) is 4.09. The summed E-state index contributed by atoms with van der Waals surface area (Å²) in [5.41, 5.74) is 1.14. The van der Waals surface area contributed by atoms with Crippen LogP contribution >= 0.6 is 0 Å². The molecule has 6 nitrogen and oxygen atoms in total. The molecule has 2 rings (SSSR count). The fraction of sp³-hybridized carbons (Fsp3) is 0.750. The molecule has 1 aromatic rings. The van der Waals surface area contributed by atoms with Crippen molar-refractivity contribution in [3.8, 4) is 0 Å². The molecular formula is C16H28N4O2. The van der Waals surface area contributed by atoms with Gasteiger partial charge in [0.05, 0.1) is 31.0 Å². The minimum atomic E-state index is 0.107. The van der Waals surface area contributed by atoms with E-state index in [-0.39, 0.29) is 30.2 Å². The molecule has 0 unspecified atom stereocenters. The molecule has 0 radical (unpaired) electrons. The van der Waals surface area contributed by atoms with Crippen LogP contribution in [0.25, 0.3) is 0 Å². The fourth-order valence-corrected chi connectivity index (χ4v) is 2.80. The van der Waals surface area contributed by atoms with Gasteiger partial charge in [-0.3, -0.25) is 9.48 Å². The van der Waals surface area contributed by atoms with Crippen LogP contribution in [0.5, 0.6) is 0 Å². The molecule has 4 atom stereocenters. The molecule has 1 saturated heterocycles. The van der Waals surface area contributed by atoms with Crippen LogP contribution in [0.1, 0.15) is 39.3 Å². The van der Waals surface area contributed by atoms with Crippen molar-refractivity contribution >= 4 is 5.91 Å². The Morgan fingerprint density at radius 2 is 2.05 bits per heavy atom. The van der Waals surface area contributed by atoms with Gasteiger partial charge in [0.25, 0.3) is 0 Å². The predicted molar refractivity (Wildman–Crippen MR) is 85.7 cm³/mol. The van der Waals surface area contributed by atoms with Crippen molar-refractivity contribution in [2.24, 2.45) is 0 Å². The van der Waals surface area contributed by atoms with Gasteiger partial charge in [-0.2, -0.15) is 5.10 Å². The normalized spacial score (nSPS) is 25.0. The lowest BCUT2D eigenvalue weighted by atomic mass is 10.1. The number of nitrogens with one attached hydrogen (secondary N) is 1. The third-order valence-corrected chi connectivity index (χ3v) is 4.22. The molecule has 6 heteroatoms. The lowest BCUT2D eigenvalue weighted by molar-refractivity contribution is -0.142.